The number of hydrogen-bond acceptors (Lipinski definition) is 3. The fourth-order valence-corrected chi connectivity index (χ4v) is 1.20. The fraction of sp³-hybridized carbons (Fsp3) is 0.125. The predicted octanol–water partition coefficient (Wildman–Crippen LogP) is 2.04. The van der Waals surface area contributed by atoms with Gasteiger partial charge in [0.2, 0.25) is 5.91 Å². The van der Waals surface area contributed by atoms with Crippen molar-refractivity contribution in [3.05, 3.63) is 21.9 Å². The fourth-order valence-electron chi connectivity index (χ4n) is 0.914. The second kappa shape index (κ2) is 4.46. The van der Waals surface area contributed by atoms with Gasteiger partial charge in [-0.1, -0.05) is 23.2 Å². The minimum Gasteiger partial charge on any atom is -0.476 e. The SMILES string of the molecule is CC(=O)Nc1cc(Cl)c(Cl)nc1C(=O)O. The maximum atomic E-state index is 10.8. The van der Waals surface area contributed by atoms with Gasteiger partial charge in [0.1, 0.15) is 5.15 Å². The average molecular weight is 249 g/mol. The first-order valence-corrected chi connectivity index (χ1v) is 4.54. The molecule has 0 aromatic carbocycles. The first kappa shape index (κ1) is 11.7. The van der Waals surface area contributed by atoms with E-state index in [0.29, 0.717) is 0 Å². The molecule has 5 nitrogen and oxygen atoms in total. The van der Waals surface area contributed by atoms with E-state index in [1.807, 2.05) is 0 Å². The van der Waals surface area contributed by atoms with Crippen LogP contribution in [0.25, 0.3) is 0 Å². The van der Waals surface area contributed by atoms with Crippen molar-refractivity contribution in [1.82, 2.24) is 4.98 Å². The summed E-state index contributed by atoms with van der Waals surface area (Å²) in [5, 5.41) is 11.0. The number of hydrogen-bond donors (Lipinski definition) is 2. The number of anilines is 1. The number of amides is 1. The third kappa shape index (κ3) is 2.81. The number of carboxylic acid groups (broad SMARTS) is 1. The van der Waals surface area contributed by atoms with Crippen LogP contribution < -0.4 is 5.32 Å². The predicted molar refractivity (Wildman–Crippen MR) is 55.5 cm³/mol. The Balaban J connectivity index is 3.28. The van der Waals surface area contributed by atoms with E-state index in [1.54, 1.807) is 0 Å². The summed E-state index contributed by atoms with van der Waals surface area (Å²) in [5.74, 6) is -1.71. The second-order valence-electron chi connectivity index (χ2n) is 2.64. The Morgan fingerprint density at radius 1 is 1.47 bits per heavy atom. The van der Waals surface area contributed by atoms with Crippen LogP contribution in [0, 0.1) is 0 Å². The van der Waals surface area contributed by atoms with Crippen molar-refractivity contribution >= 4 is 40.8 Å². The zero-order valence-corrected chi connectivity index (χ0v) is 9.06. The summed E-state index contributed by atoms with van der Waals surface area (Å²) < 4.78 is 0. The number of aromatic carboxylic acids is 1. The lowest BCUT2D eigenvalue weighted by Gasteiger charge is -2.06. The molecule has 15 heavy (non-hydrogen) atoms. The molecule has 0 bridgehead atoms. The van der Waals surface area contributed by atoms with Crippen LogP contribution in [0.1, 0.15) is 17.4 Å². The summed E-state index contributed by atoms with van der Waals surface area (Å²) >= 11 is 11.2. The van der Waals surface area contributed by atoms with Gasteiger partial charge in [-0.25, -0.2) is 9.78 Å². The molecule has 0 saturated carbocycles. The Labute approximate surface area is 95.0 Å². The first-order valence-electron chi connectivity index (χ1n) is 3.78. The van der Waals surface area contributed by atoms with Crippen LogP contribution in [0.4, 0.5) is 5.69 Å². The van der Waals surface area contributed by atoms with Gasteiger partial charge in [0, 0.05) is 6.92 Å². The van der Waals surface area contributed by atoms with Crippen LogP contribution >= 0.6 is 23.2 Å². The minimum absolute atomic E-state index is 0.0180. The van der Waals surface area contributed by atoms with Gasteiger partial charge in [0.05, 0.1) is 10.7 Å². The first-order chi connectivity index (χ1) is 6.91. The van der Waals surface area contributed by atoms with Crippen molar-refractivity contribution < 1.29 is 14.7 Å². The molecule has 2 N–H and O–H groups in total. The zero-order chi connectivity index (χ0) is 11.6. The Morgan fingerprint density at radius 2 is 2.07 bits per heavy atom. The number of nitrogens with zero attached hydrogens (tertiary/aromatic N) is 1. The van der Waals surface area contributed by atoms with Gasteiger partial charge in [-0.2, -0.15) is 0 Å². The van der Waals surface area contributed by atoms with E-state index in [-0.39, 0.29) is 21.6 Å². The highest BCUT2D eigenvalue weighted by molar-refractivity contribution is 6.41. The largest absolute Gasteiger partial charge is 0.476 e. The van der Waals surface area contributed by atoms with Crippen LogP contribution in [-0.2, 0) is 4.79 Å². The molecule has 1 rings (SSSR count). The number of halogens is 2. The van der Waals surface area contributed by atoms with Crippen molar-refractivity contribution in [2.45, 2.75) is 6.92 Å². The summed E-state index contributed by atoms with van der Waals surface area (Å²) in [6.45, 7) is 1.24. The van der Waals surface area contributed by atoms with E-state index in [0.717, 1.165) is 0 Å². The number of aromatic nitrogens is 1. The molecule has 0 radical (unpaired) electrons. The highest BCUT2D eigenvalue weighted by atomic mass is 35.5. The Morgan fingerprint density at radius 3 is 2.53 bits per heavy atom. The lowest BCUT2D eigenvalue weighted by molar-refractivity contribution is -0.114. The lowest BCUT2D eigenvalue weighted by Crippen LogP contribution is -2.12. The van der Waals surface area contributed by atoms with E-state index >= 15 is 0 Å². The van der Waals surface area contributed by atoms with Crippen LogP contribution in [0.3, 0.4) is 0 Å². The maximum absolute atomic E-state index is 10.8. The Bertz CT molecular complexity index is 434. The molecule has 0 atom stereocenters. The van der Waals surface area contributed by atoms with Crippen molar-refractivity contribution in [2.75, 3.05) is 5.32 Å². The Hall–Kier alpha value is -1.33. The molecule has 1 amide bonds. The van der Waals surface area contributed by atoms with E-state index < -0.39 is 11.9 Å². The van der Waals surface area contributed by atoms with Crippen molar-refractivity contribution in [2.24, 2.45) is 0 Å². The van der Waals surface area contributed by atoms with E-state index in [1.165, 1.54) is 13.0 Å². The molecule has 0 unspecified atom stereocenters. The van der Waals surface area contributed by atoms with E-state index in [4.69, 9.17) is 28.3 Å². The number of carbonyl (C=O) groups is 2. The summed E-state index contributed by atoms with van der Waals surface area (Å²) in [6.07, 6.45) is 0. The highest BCUT2D eigenvalue weighted by Gasteiger charge is 2.16. The lowest BCUT2D eigenvalue weighted by atomic mass is 10.3. The quantitative estimate of drug-likeness (QED) is 0.786. The molecule has 0 aliphatic rings. The van der Waals surface area contributed by atoms with Crippen molar-refractivity contribution in [3.8, 4) is 0 Å². The molecule has 0 fully saturated rings. The summed E-state index contributed by atoms with van der Waals surface area (Å²) in [5.41, 5.74) is -0.330. The van der Waals surface area contributed by atoms with Gasteiger partial charge in [-0.3, -0.25) is 4.79 Å². The molecule has 1 aromatic heterocycles. The molecule has 1 heterocycles. The van der Waals surface area contributed by atoms with Crippen LogP contribution in [0.2, 0.25) is 10.2 Å². The third-order valence-electron chi connectivity index (χ3n) is 1.45. The minimum atomic E-state index is -1.29. The smallest absolute Gasteiger partial charge is 0.356 e. The molecular weight excluding hydrogens is 243 g/mol. The van der Waals surface area contributed by atoms with E-state index in [2.05, 4.69) is 10.3 Å². The molecule has 80 valence electrons. The summed E-state index contributed by atoms with van der Waals surface area (Å²) in [6, 6.07) is 1.24. The normalized spacial score (nSPS) is 9.80. The van der Waals surface area contributed by atoms with Gasteiger partial charge in [0.15, 0.2) is 5.69 Å². The van der Waals surface area contributed by atoms with Crippen LogP contribution in [-0.4, -0.2) is 22.0 Å². The van der Waals surface area contributed by atoms with Crippen molar-refractivity contribution in [3.63, 3.8) is 0 Å². The molecule has 1 aromatic rings. The van der Waals surface area contributed by atoms with Crippen molar-refractivity contribution in [1.29, 1.82) is 0 Å². The number of carbonyl (C=O) groups excluding carboxylic acids is 1. The summed E-state index contributed by atoms with van der Waals surface area (Å²) in [4.78, 5) is 25.1. The number of nitrogens with one attached hydrogen (secondary N) is 1. The zero-order valence-electron chi connectivity index (χ0n) is 7.54. The van der Waals surface area contributed by atoms with Gasteiger partial charge in [0.25, 0.3) is 0 Å². The topological polar surface area (TPSA) is 79.3 Å². The molecule has 0 saturated heterocycles. The van der Waals surface area contributed by atoms with Crippen LogP contribution in [0.5, 0.6) is 0 Å². The Kier molecular flexibility index (Phi) is 3.49. The standard InChI is InChI=1S/C8H6Cl2N2O3/c1-3(13)11-5-2-4(9)7(10)12-6(5)8(14)15/h2H,1H3,(H,11,13)(H,14,15). The van der Waals surface area contributed by atoms with Gasteiger partial charge < -0.3 is 10.4 Å². The monoisotopic (exact) mass is 248 g/mol. The molecular formula is C8H6Cl2N2O3. The van der Waals surface area contributed by atoms with Gasteiger partial charge in [-0.15, -0.1) is 0 Å². The van der Waals surface area contributed by atoms with Gasteiger partial charge >= 0.3 is 5.97 Å². The highest BCUT2D eigenvalue weighted by Crippen LogP contribution is 2.25. The second-order valence-corrected chi connectivity index (χ2v) is 3.41. The summed E-state index contributed by atoms with van der Waals surface area (Å²) in [7, 11) is 0. The molecule has 0 aliphatic heterocycles. The molecule has 7 heteroatoms. The molecule has 0 aliphatic carbocycles. The number of pyridine rings is 1. The molecule has 0 spiro atoms. The average Bonchev–Trinajstić information content (AvgIpc) is 2.09. The maximum Gasteiger partial charge on any atom is 0.356 e. The number of carboxylic acids is 1. The van der Waals surface area contributed by atoms with E-state index in [9.17, 15) is 9.59 Å². The van der Waals surface area contributed by atoms with Gasteiger partial charge in [-0.05, 0) is 6.07 Å². The number of rotatable bonds is 2. The third-order valence-corrected chi connectivity index (χ3v) is 2.12. The van der Waals surface area contributed by atoms with Crippen LogP contribution in [0.15, 0.2) is 6.07 Å².